The number of halogens is 1. The first-order valence-corrected chi connectivity index (χ1v) is 7.96. The van der Waals surface area contributed by atoms with E-state index in [0.717, 1.165) is 36.4 Å². The number of nitrogens with zero attached hydrogens (tertiary/aromatic N) is 1. The molecular weight excluding hydrogens is 286 g/mol. The van der Waals surface area contributed by atoms with E-state index in [-0.39, 0.29) is 11.9 Å². The number of hydrogen-bond acceptors (Lipinski definition) is 3. The molecule has 0 spiro atoms. The number of carbonyl (C=O) groups is 1. The molecule has 1 aliphatic rings. The molecule has 0 saturated carbocycles. The van der Waals surface area contributed by atoms with Gasteiger partial charge >= 0.3 is 0 Å². The lowest BCUT2D eigenvalue weighted by atomic mass is 10.1. The predicted molar refractivity (Wildman–Crippen MR) is 89.2 cm³/mol. The Balaban J connectivity index is 2.34. The van der Waals surface area contributed by atoms with Crippen molar-refractivity contribution >= 4 is 28.9 Å². The van der Waals surface area contributed by atoms with E-state index in [0.29, 0.717) is 10.9 Å². The van der Waals surface area contributed by atoms with Crippen LogP contribution in [0.2, 0.25) is 5.02 Å². The first-order chi connectivity index (χ1) is 10.0. The van der Waals surface area contributed by atoms with E-state index in [2.05, 4.69) is 36.3 Å². The maximum atomic E-state index is 11.9. The molecule has 1 amide bonds. The summed E-state index contributed by atoms with van der Waals surface area (Å²) in [4.78, 5) is 14.2. The van der Waals surface area contributed by atoms with Gasteiger partial charge in [-0.1, -0.05) is 31.9 Å². The number of hydrogen-bond donors (Lipinski definition) is 2. The van der Waals surface area contributed by atoms with Crippen molar-refractivity contribution in [2.75, 3.05) is 30.4 Å². The van der Waals surface area contributed by atoms with Crippen molar-refractivity contribution in [2.24, 2.45) is 5.92 Å². The molecule has 0 bridgehead atoms. The van der Waals surface area contributed by atoms with Gasteiger partial charge in [0.1, 0.15) is 6.04 Å². The van der Waals surface area contributed by atoms with Gasteiger partial charge in [0.05, 0.1) is 10.7 Å². The van der Waals surface area contributed by atoms with E-state index < -0.39 is 0 Å². The Kier molecular flexibility index (Phi) is 5.12. The van der Waals surface area contributed by atoms with Gasteiger partial charge in [-0.3, -0.25) is 4.79 Å². The Hall–Kier alpha value is -1.26. The third-order valence-corrected chi connectivity index (χ3v) is 4.49. The van der Waals surface area contributed by atoms with Crippen LogP contribution in [0.4, 0.5) is 11.4 Å². The van der Waals surface area contributed by atoms with E-state index >= 15 is 0 Å². The Bertz CT molecular complexity index is 532. The van der Waals surface area contributed by atoms with Crippen LogP contribution in [-0.2, 0) is 4.79 Å². The minimum Gasteiger partial charge on any atom is -0.370 e. The Morgan fingerprint density at radius 1 is 1.43 bits per heavy atom. The summed E-state index contributed by atoms with van der Waals surface area (Å²) in [5.41, 5.74) is 2.78. The van der Waals surface area contributed by atoms with Gasteiger partial charge in [-0.15, -0.1) is 0 Å². The fraction of sp³-hybridized carbons (Fsp3) is 0.562. The lowest BCUT2D eigenvalue weighted by molar-refractivity contribution is -0.117. The van der Waals surface area contributed by atoms with Crippen molar-refractivity contribution in [3.05, 3.63) is 22.7 Å². The standard InChI is InChI=1S/C16H24ClN3O/c1-5-10(3)9-20(6-2)14-8-13-11(7-12(14)17)15(18-4)16(21)19-13/h7-8,10,15,18H,5-6,9H2,1-4H3,(H,19,21). The molecule has 116 valence electrons. The van der Waals surface area contributed by atoms with Crippen molar-refractivity contribution in [3.8, 4) is 0 Å². The van der Waals surface area contributed by atoms with Crippen molar-refractivity contribution < 1.29 is 4.79 Å². The van der Waals surface area contributed by atoms with Crippen molar-refractivity contribution in [3.63, 3.8) is 0 Å². The van der Waals surface area contributed by atoms with Crippen molar-refractivity contribution in [1.29, 1.82) is 0 Å². The van der Waals surface area contributed by atoms with E-state index in [9.17, 15) is 4.79 Å². The molecule has 1 heterocycles. The highest BCUT2D eigenvalue weighted by atomic mass is 35.5. The summed E-state index contributed by atoms with van der Waals surface area (Å²) in [7, 11) is 1.78. The summed E-state index contributed by atoms with van der Waals surface area (Å²) < 4.78 is 0. The first-order valence-electron chi connectivity index (χ1n) is 7.58. The van der Waals surface area contributed by atoms with Gasteiger partial charge in [-0.25, -0.2) is 0 Å². The second kappa shape index (κ2) is 6.67. The summed E-state index contributed by atoms with van der Waals surface area (Å²) in [6, 6.07) is 3.60. The molecule has 2 N–H and O–H groups in total. The monoisotopic (exact) mass is 309 g/mol. The van der Waals surface area contributed by atoms with Gasteiger partial charge in [0, 0.05) is 24.3 Å². The summed E-state index contributed by atoms with van der Waals surface area (Å²) in [6.45, 7) is 8.42. The number of anilines is 2. The van der Waals surface area contributed by atoms with Gasteiger partial charge < -0.3 is 15.5 Å². The van der Waals surface area contributed by atoms with Crippen LogP contribution in [-0.4, -0.2) is 26.0 Å². The van der Waals surface area contributed by atoms with Crippen LogP contribution in [0, 0.1) is 5.92 Å². The van der Waals surface area contributed by atoms with Crippen LogP contribution in [0.25, 0.3) is 0 Å². The second-order valence-corrected chi connectivity index (χ2v) is 6.06. The summed E-state index contributed by atoms with van der Waals surface area (Å²) in [5, 5.41) is 6.65. The summed E-state index contributed by atoms with van der Waals surface area (Å²) in [6.07, 6.45) is 1.14. The zero-order valence-electron chi connectivity index (χ0n) is 13.2. The smallest absolute Gasteiger partial charge is 0.246 e. The largest absolute Gasteiger partial charge is 0.370 e. The Labute approximate surface area is 131 Å². The summed E-state index contributed by atoms with van der Waals surface area (Å²) in [5.74, 6) is 0.583. The SMILES string of the molecule is CCC(C)CN(CC)c1cc2c(cc1Cl)C(NC)C(=O)N2. The van der Waals surface area contributed by atoms with Gasteiger partial charge in [0.15, 0.2) is 0 Å². The molecular formula is C16H24ClN3O. The van der Waals surface area contributed by atoms with Crippen LogP contribution in [0.5, 0.6) is 0 Å². The normalized spacial score (nSPS) is 18.3. The topological polar surface area (TPSA) is 44.4 Å². The first kappa shape index (κ1) is 16.1. The maximum absolute atomic E-state index is 11.9. The zero-order chi connectivity index (χ0) is 15.6. The molecule has 0 aromatic heterocycles. The Morgan fingerprint density at radius 2 is 2.14 bits per heavy atom. The molecule has 4 nitrogen and oxygen atoms in total. The van der Waals surface area contributed by atoms with Crippen LogP contribution >= 0.6 is 11.6 Å². The van der Waals surface area contributed by atoms with E-state index in [4.69, 9.17) is 11.6 Å². The molecule has 21 heavy (non-hydrogen) atoms. The number of likely N-dealkylation sites (N-methyl/N-ethyl adjacent to an activating group) is 1. The third kappa shape index (κ3) is 3.16. The molecule has 2 rings (SSSR count). The predicted octanol–water partition coefficient (Wildman–Crippen LogP) is 3.43. The molecule has 2 atom stereocenters. The van der Waals surface area contributed by atoms with Crippen molar-refractivity contribution in [1.82, 2.24) is 5.32 Å². The van der Waals surface area contributed by atoms with Crippen LogP contribution in [0.3, 0.4) is 0 Å². The van der Waals surface area contributed by atoms with Crippen LogP contribution < -0.4 is 15.5 Å². The number of amides is 1. The number of nitrogens with one attached hydrogen (secondary N) is 2. The van der Waals surface area contributed by atoms with Crippen LogP contribution in [0.15, 0.2) is 12.1 Å². The highest BCUT2D eigenvalue weighted by Crippen LogP contribution is 2.39. The quantitative estimate of drug-likeness (QED) is 0.846. The highest BCUT2D eigenvalue weighted by molar-refractivity contribution is 6.33. The fourth-order valence-corrected chi connectivity index (χ4v) is 2.99. The molecule has 0 radical (unpaired) electrons. The van der Waals surface area contributed by atoms with Gasteiger partial charge in [-0.05, 0) is 32.0 Å². The molecule has 0 saturated heterocycles. The third-order valence-electron chi connectivity index (χ3n) is 4.19. The van der Waals surface area contributed by atoms with E-state index in [1.165, 1.54) is 0 Å². The van der Waals surface area contributed by atoms with E-state index in [1.54, 1.807) is 7.05 Å². The minimum absolute atomic E-state index is 0.0225. The average molecular weight is 310 g/mol. The lowest BCUT2D eigenvalue weighted by Crippen LogP contribution is -2.28. The lowest BCUT2D eigenvalue weighted by Gasteiger charge is -2.27. The molecule has 0 fully saturated rings. The van der Waals surface area contributed by atoms with Gasteiger partial charge in [0.2, 0.25) is 5.91 Å². The maximum Gasteiger partial charge on any atom is 0.246 e. The minimum atomic E-state index is -0.309. The fourth-order valence-electron chi connectivity index (χ4n) is 2.70. The number of rotatable bonds is 6. The highest BCUT2D eigenvalue weighted by Gasteiger charge is 2.30. The van der Waals surface area contributed by atoms with Gasteiger partial charge in [0.25, 0.3) is 0 Å². The number of carbonyl (C=O) groups excluding carboxylic acids is 1. The molecule has 0 aliphatic carbocycles. The molecule has 1 aromatic rings. The molecule has 1 aromatic carbocycles. The molecule has 5 heteroatoms. The molecule has 2 unspecified atom stereocenters. The van der Waals surface area contributed by atoms with Crippen molar-refractivity contribution in [2.45, 2.75) is 33.2 Å². The van der Waals surface area contributed by atoms with E-state index in [1.807, 2.05) is 12.1 Å². The zero-order valence-corrected chi connectivity index (χ0v) is 13.9. The number of fused-ring (bicyclic) bond motifs is 1. The molecule has 1 aliphatic heterocycles. The summed E-state index contributed by atoms with van der Waals surface area (Å²) >= 11 is 6.47. The average Bonchev–Trinajstić information content (AvgIpc) is 2.78. The Morgan fingerprint density at radius 3 is 2.71 bits per heavy atom. The van der Waals surface area contributed by atoms with Gasteiger partial charge in [-0.2, -0.15) is 0 Å². The second-order valence-electron chi connectivity index (χ2n) is 5.65. The number of benzene rings is 1. The van der Waals surface area contributed by atoms with Crippen LogP contribution in [0.1, 0.15) is 38.8 Å².